The van der Waals surface area contributed by atoms with Gasteiger partial charge in [-0.25, -0.2) is 4.79 Å². The Morgan fingerprint density at radius 3 is 3.25 bits per heavy atom. The molecule has 90 valence electrons. The summed E-state index contributed by atoms with van der Waals surface area (Å²) in [4.78, 5) is 13.8. The van der Waals surface area contributed by atoms with Crippen LogP contribution in [0.3, 0.4) is 0 Å². The zero-order chi connectivity index (χ0) is 11.5. The molecule has 0 bridgehead atoms. The van der Waals surface area contributed by atoms with Gasteiger partial charge in [-0.1, -0.05) is 6.92 Å². The number of hydrogen-bond donors (Lipinski definition) is 0. The van der Waals surface area contributed by atoms with Crippen molar-refractivity contribution in [1.82, 2.24) is 4.90 Å². The number of hydrogen-bond acceptors (Lipinski definition) is 5. The summed E-state index contributed by atoms with van der Waals surface area (Å²) in [6.45, 7) is 5.58. The topological polar surface area (TPSA) is 29.5 Å². The number of nitrogens with zero attached hydrogens (tertiary/aromatic N) is 1. The number of ether oxygens (including phenoxy) is 1. The maximum absolute atomic E-state index is 11.4. The number of thioether (sulfide) groups is 2. The van der Waals surface area contributed by atoms with Crippen LogP contribution in [-0.2, 0) is 9.53 Å². The van der Waals surface area contributed by atoms with E-state index in [1.54, 1.807) is 17.8 Å². The first-order valence-corrected chi connectivity index (χ1v) is 7.58. The second-order valence-electron chi connectivity index (χ2n) is 3.87. The van der Waals surface area contributed by atoms with Crippen molar-refractivity contribution in [3.05, 3.63) is 11.1 Å². The first-order chi connectivity index (χ1) is 7.72. The molecule has 0 aromatic heterocycles. The van der Waals surface area contributed by atoms with Crippen LogP contribution in [0, 0.1) is 0 Å². The zero-order valence-corrected chi connectivity index (χ0v) is 11.3. The van der Waals surface area contributed by atoms with Gasteiger partial charge in [-0.05, 0) is 19.1 Å². The lowest BCUT2D eigenvalue weighted by atomic mass is 10.3. The Hall–Kier alpha value is -0.290. The van der Waals surface area contributed by atoms with Crippen molar-refractivity contribution in [1.29, 1.82) is 0 Å². The van der Waals surface area contributed by atoms with Crippen molar-refractivity contribution >= 4 is 29.5 Å². The van der Waals surface area contributed by atoms with E-state index in [0.29, 0.717) is 17.2 Å². The Labute approximate surface area is 105 Å². The van der Waals surface area contributed by atoms with E-state index in [9.17, 15) is 4.79 Å². The molecule has 2 atom stereocenters. The summed E-state index contributed by atoms with van der Waals surface area (Å²) in [5, 5.41) is 2.19. The Morgan fingerprint density at radius 2 is 2.50 bits per heavy atom. The predicted octanol–water partition coefficient (Wildman–Crippen LogP) is 2.29. The fourth-order valence-corrected chi connectivity index (χ4v) is 4.82. The SMILES string of the molecule is CCOC(=O)/C=C1\SC(C)C2SCCCN12. The highest BCUT2D eigenvalue weighted by Crippen LogP contribution is 2.45. The molecular weight excluding hydrogens is 242 g/mol. The molecule has 2 saturated heterocycles. The Bertz CT molecular complexity index is 306. The van der Waals surface area contributed by atoms with Gasteiger partial charge in [0.05, 0.1) is 23.1 Å². The molecule has 2 aliphatic heterocycles. The molecule has 0 aromatic carbocycles. The second kappa shape index (κ2) is 5.36. The van der Waals surface area contributed by atoms with Crippen LogP contribution in [0.5, 0.6) is 0 Å². The van der Waals surface area contributed by atoms with Gasteiger partial charge in [-0.3, -0.25) is 0 Å². The third-order valence-electron chi connectivity index (χ3n) is 2.66. The largest absolute Gasteiger partial charge is 0.463 e. The van der Waals surface area contributed by atoms with E-state index < -0.39 is 0 Å². The van der Waals surface area contributed by atoms with Crippen molar-refractivity contribution < 1.29 is 9.53 Å². The molecule has 2 aliphatic rings. The van der Waals surface area contributed by atoms with E-state index in [2.05, 4.69) is 11.8 Å². The summed E-state index contributed by atoms with van der Waals surface area (Å²) >= 11 is 3.79. The summed E-state index contributed by atoms with van der Waals surface area (Å²) < 4.78 is 4.96. The monoisotopic (exact) mass is 259 g/mol. The molecule has 0 aromatic rings. The summed E-state index contributed by atoms with van der Waals surface area (Å²) in [6.07, 6.45) is 2.85. The second-order valence-corrected chi connectivity index (χ2v) is 6.49. The molecule has 3 nitrogen and oxygen atoms in total. The van der Waals surface area contributed by atoms with Gasteiger partial charge < -0.3 is 9.64 Å². The molecule has 0 N–H and O–H groups in total. The van der Waals surface area contributed by atoms with E-state index in [1.807, 2.05) is 18.7 Å². The lowest BCUT2D eigenvalue weighted by Crippen LogP contribution is -2.35. The number of rotatable bonds is 2. The van der Waals surface area contributed by atoms with Crippen molar-refractivity contribution in [3.63, 3.8) is 0 Å². The Kier molecular flexibility index (Phi) is 4.08. The summed E-state index contributed by atoms with van der Waals surface area (Å²) in [6, 6.07) is 0. The standard InChI is InChI=1S/C11H17NO2S2/c1-3-14-10(13)7-9-12-5-4-6-15-11(12)8(2)16-9/h7-8,11H,3-6H2,1-2H3/b9-7-. The van der Waals surface area contributed by atoms with Crippen LogP contribution in [0.2, 0.25) is 0 Å². The van der Waals surface area contributed by atoms with Crippen LogP contribution in [0.15, 0.2) is 11.1 Å². The normalized spacial score (nSPS) is 31.6. The molecule has 16 heavy (non-hydrogen) atoms. The average Bonchev–Trinajstić information content (AvgIpc) is 2.57. The Balaban J connectivity index is 2.07. The maximum Gasteiger partial charge on any atom is 0.333 e. The van der Waals surface area contributed by atoms with Crippen molar-refractivity contribution in [2.75, 3.05) is 18.9 Å². The van der Waals surface area contributed by atoms with E-state index in [4.69, 9.17) is 4.74 Å². The molecule has 5 heteroatoms. The van der Waals surface area contributed by atoms with Gasteiger partial charge in [0.15, 0.2) is 0 Å². The van der Waals surface area contributed by atoms with Gasteiger partial charge >= 0.3 is 5.97 Å². The molecule has 0 aliphatic carbocycles. The number of fused-ring (bicyclic) bond motifs is 1. The van der Waals surface area contributed by atoms with Crippen LogP contribution >= 0.6 is 23.5 Å². The molecule has 2 fully saturated rings. The number of carbonyl (C=O) groups is 1. The van der Waals surface area contributed by atoms with Crippen molar-refractivity contribution in [2.45, 2.75) is 30.9 Å². The minimum atomic E-state index is -0.214. The highest BCUT2D eigenvalue weighted by molar-refractivity contribution is 8.06. The average molecular weight is 259 g/mol. The number of esters is 1. The van der Waals surface area contributed by atoms with Gasteiger partial charge in [-0.2, -0.15) is 0 Å². The Morgan fingerprint density at radius 1 is 1.69 bits per heavy atom. The van der Waals surface area contributed by atoms with Gasteiger partial charge in [0, 0.05) is 11.8 Å². The fraction of sp³-hybridized carbons (Fsp3) is 0.727. The molecule has 0 spiro atoms. The molecule has 2 unspecified atom stereocenters. The molecule has 0 radical (unpaired) electrons. The molecule has 0 saturated carbocycles. The fourth-order valence-electron chi connectivity index (χ4n) is 2.00. The van der Waals surface area contributed by atoms with E-state index in [1.165, 1.54) is 12.2 Å². The van der Waals surface area contributed by atoms with Crippen LogP contribution in [0.1, 0.15) is 20.3 Å². The van der Waals surface area contributed by atoms with Crippen molar-refractivity contribution in [3.8, 4) is 0 Å². The molecule has 2 heterocycles. The molecule has 2 rings (SSSR count). The van der Waals surface area contributed by atoms with E-state index >= 15 is 0 Å². The number of carbonyl (C=O) groups excluding carboxylic acids is 1. The first kappa shape index (κ1) is 12.2. The van der Waals surface area contributed by atoms with Gasteiger partial charge in [0.1, 0.15) is 0 Å². The third-order valence-corrected chi connectivity index (χ3v) is 5.58. The van der Waals surface area contributed by atoms with Crippen LogP contribution in [-0.4, -0.2) is 40.4 Å². The minimum absolute atomic E-state index is 0.214. The predicted molar refractivity (Wildman–Crippen MR) is 69.3 cm³/mol. The minimum Gasteiger partial charge on any atom is -0.463 e. The summed E-state index contributed by atoms with van der Waals surface area (Å²) in [5.41, 5.74) is 0. The van der Waals surface area contributed by atoms with E-state index in [-0.39, 0.29) is 5.97 Å². The van der Waals surface area contributed by atoms with Gasteiger partial charge in [0.25, 0.3) is 0 Å². The third kappa shape index (κ3) is 2.51. The van der Waals surface area contributed by atoms with Crippen LogP contribution in [0.25, 0.3) is 0 Å². The van der Waals surface area contributed by atoms with Gasteiger partial charge in [0.2, 0.25) is 0 Å². The molecule has 0 amide bonds. The highest BCUT2D eigenvalue weighted by atomic mass is 32.2. The van der Waals surface area contributed by atoms with Gasteiger partial charge in [-0.15, -0.1) is 23.5 Å². The highest BCUT2D eigenvalue weighted by Gasteiger charge is 2.37. The summed E-state index contributed by atoms with van der Waals surface area (Å²) in [7, 11) is 0. The van der Waals surface area contributed by atoms with Crippen LogP contribution < -0.4 is 0 Å². The lowest BCUT2D eigenvalue weighted by Gasteiger charge is -2.32. The quantitative estimate of drug-likeness (QED) is 0.561. The maximum atomic E-state index is 11.4. The smallest absolute Gasteiger partial charge is 0.333 e. The zero-order valence-electron chi connectivity index (χ0n) is 9.64. The summed E-state index contributed by atoms with van der Waals surface area (Å²) in [5.74, 6) is 1.02. The van der Waals surface area contributed by atoms with Crippen molar-refractivity contribution in [2.24, 2.45) is 0 Å². The van der Waals surface area contributed by atoms with Crippen LogP contribution in [0.4, 0.5) is 0 Å². The first-order valence-electron chi connectivity index (χ1n) is 5.65. The van der Waals surface area contributed by atoms with E-state index in [0.717, 1.165) is 11.6 Å². The lowest BCUT2D eigenvalue weighted by molar-refractivity contribution is -0.137. The molecular formula is C11H17NO2S2.